The average molecular weight is 415 g/mol. The first-order valence-electron chi connectivity index (χ1n) is 9.69. The first-order valence-corrected chi connectivity index (χ1v) is 9.69. The summed E-state index contributed by atoms with van der Waals surface area (Å²) in [7, 11) is 1.82. The van der Waals surface area contributed by atoms with Crippen molar-refractivity contribution in [1.29, 1.82) is 0 Å². The maximum Gasteiger partial charge on any atom is 0.322 e. The molecule has 2 aromatic heterocycles. The number of carbonyl (C=O) groups is 1. The number of ether oxygens (including phenoxy) is 3. The van der Waals surface area contributed by atoms with Crippen LogP contribution < -0.4 is 19.5 Å². The highest BCUT2D eigenvalue weighted by molar-refractivity contribution is 6.04. The Balaban J connectivity index is 1.85. The zero-order valence-corrected chi connectivity index (χ0v) is 17.7. The SMILES string of the molecule is CCOc1cc(C(=O)Nc2nnc(-c3cc(C)n(C)n3)o2)cc(OCC)c1OCC. The topological polar surface area (TPSA) is 114 Å². The van der Waals surface area contributed by atoms with E-state index in [1.54, 1.807) is 16.8 Å². The molecule has 30 heavy (non-hydrogen) atoms. The number of hydrogen-bond donors (Lipinski definition) is 1. The van der Waals surface area contributed by atoms with Crippen molar-refractivity contribution in [3.8, 4) is 28.8 Å². The van der Waals surface area contributed by atoms with Gasteiger partial charge in [0.1, 0.15) is 5.69 Å². The quantitative estimate of drug-likeness (QED) is 0.567. The number of amides is 1. The van der Waals surface area contributed by atoms with Gasteiger partial charge in [-0.3, -0.25) is 14.8 Å². The first kappa shape index (κ1) is 21.2. The van der Waals surface area contributed by atoms with E-state index in [0.29, 0.717) is 48.3 Å². The molecule has 0 saturated heterocycles. The van der Waals surface area contributed by atoms with Crippen LogP contribution in [0.4, 0.5) is 6.01 Å². The minimum Gasteiger partial charge on any atom is -0.490 e. The van der Waals surface area contributed by atoms with Crippen LogP contribution in [0.2, 0.25) is 0 Å². The Bertz CT molecular complexity index is 980. The van der Waals surface area contributed by atoms with Gasteiger partial charge in [0, 0.05) is 18.3 Å². The molecule has 0 fully saturated rings. The Morgan fingerprint density at radius 2 is 1.67 bits per heavy atom. The van der Waals surface area contributed by atoms with Gasteiger partial charge in [0.25, 0.3) is 11.8 Å². The average Bonchev–Trinajstić information content (AvgIpc) is 3.31. The standard InChI is InChI=1S/C20H25N5O5/c1-6-27-15-10-13(11-16(28-7-2)17(15)29-8-3)18(26)21-20-23-22-19(30-20)14-9-12(4)25(5)24-14/h9-11H,6-8H2,1-5H3,(H,21,23,26). The summed E-state index contributed by atoms with van der Waals surface area (Å²) >= 11 is 0. The maximum absolute atomic E-state index is 12.8. The van der Waals surface area contributed by atoms with Crippen molar-refractivity contribution in [3.63, 3.8) is 0 Å². The molecular formula is C20H25N5O5. The molecule has 10 nitrogen and oxygen atoms in total. The van der Waals surface area contributed by atoms with Crippen molar-refractivity contribution in [1.82, 2.24) is 20.0 Å². The van der Waals surface area contributed by atoms with Crippen LogP contribution >= 0.6 is 0 Å². The van der Waals surface area contributed by atoms with Gasteiger partial charge < -0.3 is 18.6 Å². The molecule has 0 spiro atoms. The molecule has 0 aliphatic heterocycles. The number of nitrogens with one attached hydrogen (secondary N) is 1. The minimum atomic E-state index is -0.452. The van der Waals surface area contributed by atoms with Crippen molar-refractivity contribution >= 4 is 11.9 Å². The molecule has 0 unspecified atom stereocenters. The molecule has 1 aromatic carbocycles. The van der Waals surface area contributed by atoms with Crippen LogP contribution in [0.25, 0.3) is 11.6 Å². The zero-order valence-electron chi connectivity index (χ0n) is 17.7. The summed E-state index contributed by atoms with van der Waals surface area (Å²) in [6.45, 7) is 8.73. The number of nitrogens with zero attached hydrogens (tertiary/aromatic N) is 4. The van der Waals surface area contributed by atoms with E-state index in [-0.39, 0.29) is 11.9 Å². The Labute approximate surface area is 174 Å². The number of aryl methyl sites for hydroxylation is 2. The highest BCUT2D eigenvalue weighted by Crippen LogP contribution is 2.39. The molecular weight excluding hydrogens is 390 g/mol. The minimum absolute atomic E-state index is 0.0388. The highest BCUT2D eigenvalue weighted by atomic mass is 16.5. The summed E-state index contributed by atoms with van der Waals surface area (Å²) in [6.07, 6.45) is 0. The molecule has 0 atom stereocenters. The van der Waals surface area contributed by atoms with Gasteiger partial charge in [-0.05, 0) is 45.9 Å². The van der Waals surface area contributed by atoms with E-state index < -0.39 is 5.91 Å². The fourth-order valence-electron chi connectivity index (χ4n) is 2.73. The summed E-state index contributed by atoms with van der Waals surface area (Å²) < 4.78 is 24.2. The predicted molar refractivity (Wildman–Crippen MR) is 109 cm³/mol. The van der Waals surface area contributed by atoms with Crippen LogP contribution in [0.15, 0.2) is 22.6 Å². The Hall–Kier alpha value is -3.56. The van der Waals surface area contributed by atoms with E-state index >= 15 is 0 Å². The van der Waals surface area contributed by atoms with Gasteiger partial charge in [-0.1, -0.05) is 5.10 Å². The van der Waals surface area contributed by atoms with Gasteiger partial charge in [-0.15, -0.1) is 5.10 Å². The summed E-state index contributed by atoms with van der Waals surface area (Å²) in [4.78, 5) is 12.8. The molecule has 2 heterocycles. The number of aromatic nitrogens is 4. The molecule has 0 radical (unpaired) electrons. The van der Waals surface area contributed by atoms with Crippen LogP contribution in [0.3, 0.4) is 0 Å². The lowest BCUT2D eigenvalue weighted by Crippen LogP contribution is -2.13. The summed E-state index contributed by atoms with van der Waals surface area (Å²) in [6, 6.07) is 4.95. The van der Waals surface area contributed by atoms with Gasteiger partial charge in [0.05, 0.1) is 19.8 Å². The third-order valence-corrected chi connectivity index (χ3v) is 4.15. The van der Waals surface area contributed by atoms with Crippen molar-refractivity contribution in [2.24, 2.45) is 7.05 Å². The smallest absolute Gasteiger partial charge is 0.322 e. The second kappa shape index (κ2) is 9.29. The third-order valence-electron chi connectivity index (χ3n) is 4.15. The summed E-state index contributed by atoms with van der Waals surface area (Å²) in [5, 5.41) is 14.7. The fraction of sp³-hybridized carbons (Fsp3) is 0.400. The molecule has 1 amide bonds. The van der Waals surface area contributed by atoms with Crippen LogP contribution in [-0.4, -0.2) is 45.7 Å². The van der Waals surface area contributed by atoms with E-state index in [1.165, 1.54) is 0 Å². The van der Waals surface area contributed by atoms with Crippen molar-refractivity contribution < 1.29 is 23.4 Å². The lowest BCUT2D eigenvalue weighted by Gasteiger charge is -2.16. The van der Waals surface area contributed by atoms with Gasteiger partial charge in [-0.2, -0.15) is 5.10 Å². The Morgan fingerprint density at radius 1 is 1.03 bits per heavy atom. The lowest BCUT2D eigenvalue weighted by molar-refractivity contribution is 0.102. The summed E-state index contributed by atoms with van der Waals surface area (Å²) in [5.41, 5.74) is 1.77. The largest absolute Gasteiger partial charge is 0.490 e. The van der Waals surface area contributed by atoms with Crippen LogP contribution in [0.5, 0.6) is 17.2 Å². The van der Waals surface area contributed by atoms with Crippen LogP contribution in [0, 0.1) is 6.92 Å². The molecule has 0 bridgehead atoms. The molecule has 3 aromatic rings. The first-order chi connectivity index (χ1) is 14.5. The number of carbonyl (C=O) groups excluding carboxylic acids is 1. The zero-order chi connectivity index (χ0) is 21.7. The van der Waals surface area contributed by atoms with Crippen LogP contribution in [0.1, 0.15) is 36.8 Å². The van der Waals surface area contributed by atoms with Gasteiger partial charge in [-0.25, -0.2) is 0 Å². The van der Waals surface area contributed by atoms with Crippen molar-refractivity contribution in [3.05, 3.63) is 29.5 Å². The van der Waals surface area contributed by atoms with E-state index in [0.717, 1.165) is 5.69 Å². The number of anilines is 1. The lowest BCUT2D eigenvalue weighted by atomic mass is 10.1. The number of rotatable bonds is 9. The predicted octanol–water partition coefficient (Wildman–Crippen LogP) is 3.23. The highest BCUT2D eigenvalue weighted by Gasteiger charge is 2.20. The van der Waals surface area contributed by atoms with E-state index in [9.17, 15) is 4.79 Å². The van der Waals surface area contributed by atoms with Gasteiger partial charge in [0.2, 0.25) is 5.75 Å². The Morgan fingerprint density at radius 3 is 2.20 bits per heavy atom. The van der Waals surface area contributed by atoms with Crippen molar-refractivity contribution in [2.45, 2.75) is 27.7 Å². The molecule has 0 saturated carbocycles. The molecule has 3 rings (SSSR count). The van der Waals surface area contributed by atoms with E-state index in [4.69, 9.17) is 18.6 Å². The fourth-order valence-corrected chi connectivity index (χ4v) is 2.73. The molecule has 1 N–H and O–H groups in total. The molecule has 10 heteroatoms. The number of hydrogen-bond acceptors (Lipinski definition) is 8. The van der Waals surface area contributed by atoms with Gasteiger partial charge in [0.15, 0.2) is 11.5 Å². The molecule has 0 aliphatic carbocycles. The second-order valence-corrected chi connectivity index (χ2v) is 6.26. The molecule has 0 aliphatic rings. The molecule has 160 valence electrons. The maximum atomic E-state index is 12.8. The van der Waals surface area contributed by atoms with E-state index in [2.05, 4.69) is 20.6 Å². The van der Waals surface area contributed by atoms with E-state index in [1.807, 2.05) is 40.8 Å². The monoisotopic (exact) mass is 415 g/mol. The normalized spacial score (nSPS) is 10.7. The van der Waals surface area contributed by atoms with Crippen LogP contribution in [-0.2, 0) is 7.05 Å². The number of benzene rings is 1. The summed E-state index contributed by atoms with van der Waals surface area (Å²) in [5.74, 6) is 1.07. The van der Waals surface area contributed by atoms with Crippen molar-refractivity contribution in [2.75, 3.05) is 25.1 Å². The third kappa shape index (κ3) is 4.53. The Kier molecular flexibility index (Phi) is 6.55. The van der Waals surface area contributed by atoms with Gasteiger partial charge >= 0.3 is 6.01 Å². The second-order valence-electron chi connectivity index (χ2n) is 6.26.